The summed E-state index contributed by atoms with van der Waals surface area (Å²) in [5.74, 6) is -0.0870. The van der Waals surface area contributed by atoms with Crippen LogP contribution < -0.4 is 0 Å². The summed E-state index contributed by atoms with van der Waals surface area (Å²) in [5, 5.41) is 0. The van der Waals surface area contributed by atoms with Gasteiger partial charge < -0.3 is 9.64 Å². The summed E-state index contributed by atoms with van der Waals surface area (Å²) in [7, 11) is -3.85. The highest BCUT2D eigenvalue weighted by molar-refractivity contribution is 7.90. The zero-order chi connectivity index (χ0) is 18.9. The minimum Gasteiger partial charge on any atom is -0.378 e. The largest absolute Gasteiger partial charge is 0.378 e. The lowest BCUT2D eigenvalue weighted by molar-refractivity contribution is -0.114. The molecule has 1 aliphatic carbocycles. The molecule has 2 aliphatic rings. The molecule has 0 N–H and O–H groups in total. The number of sulfonamides is 1. The van der Waals surface area contributed by atoms with Crippen LogP contribution in [-0.4, -0.2) is 51.1 Å². The number of morpholine rings is 1. The van der Waals surface area contributed by atoms with E-state index in [2.05, 4.69) is 4.40 Å². The van der Waals surface area contributed by atoms with Crippen LogP contribution in [0.15, 0.2) is 56.5 Å². The molecule has 1 fully saturated rings. The molecule has 0 aromatic heterocycles. The molecule has 0 radical (unpaired) electrons. The third-order valence-corrected chi connectivity index (χ3v) is 5.99. The molecule has 1 aliphatic heterocycles. The van der Waals surface area contributed by atoms with E-state index in [0.717, 1.165) is 5.56 Å². The Morgan fingerprint density at radius 1 is 1.00 bits per heavy atom. The van der Waals surface area contributed by atoms with Crippen molar-refractivity contribution in [1.82, 2.24) is 4.90 Å². The van der Waals surface area contributed by atoms with Crippen LogP contribution in [0.5, 0.6) is 0 Å². The Kier molecular flexibility index (Phi) is 5.11. The molecule has 0 saturated carbocycles. The van der Waals surface area contributed by atoms with E-state index < -0.39 is 10.0 Å². The number of carbonyl (C=O) groups is 1. The maximum Gasteiger partial charge on any atom is 0.282 e. The molecule has 26 heavy (non-hydrogen) atoms. The number of ketones is 1. The molecule has 0 spiro atoms. The number of ether oxygens (including phenoxy) is 1. The summed E-state index contributed by atoms with van der Waals surface area (Å²) in [6.45, 7) is 7.61. The first-order chi connectivity index (χ1) is 12.3. The molecule has 1 heterocycles. The topological polar surface area (TPSA) is 76.0 Å². The van der Waals surface area contributed by atoms with Crippen molar-refractivity contribution in [3.63, 3.8) is 0 Å². The van der Waals surface area contributed by atoms with Gasteiger partial charge in [0.25, 0.3) is 10.0 Å². The predicted octanol–water partition coefficient (Wildman–Crippen LogP) is 2.26. The van der Waals surface area contributed by atoms with Gasteiger partial charge in [-0.3, -0.25) is 4.79 Å². The fourth-order valence-electron chi connectivity index (χ4n) is 2.88. The van der Waals surface area contributed by atoms with Gasteiger partial charge in [0.2, 0.25) is 5.78 Å². The van der Waals surface area contributed by atoms with E-state index >= 15 is 0 Å². The summed E-state index contributed by atoms with van der Waals surface area (Å²) < 4.78 is 34.7. The number of allylic oxidation sites excluding steroid dienone is 3. The Bertz CT molecular complexity index is 919. The third-order valence-electron chi connectivity index (χ3n) is 4.68. The van der Waals surface area contributed by atoms with Crippen LogP contribution >= 0.6 is 0 Å². The van der Waals surface area contributed by atoms with E-state index in [9.17, 15) is 13.2 Å². The number of rotatable bonds is 3. The molecule has 6 nitrogen and oxygen atoms in total. The zero-order valence-corrected chi connectivity index (χ0v) is 16.0. The molecular weight excluding hydrogens is 352 g/mol. The smallest absolute Gasteiger partial charge is 0.282 e. The molecule has 0 unspecified atom stereocenters. The average Bonchev–Trinajstić information content (AvgIpc) is 2.63. The maximum atomic E-state index is 12.7. The van der Waals surface area contributed by atoms with Crippen molar-refractivity contribution in [3.05, 3.63) is 52.7 Å². The molecule has 1 aromatic carbocycles. The van der Waals surface area contributed by atoms with Crippen molar-refractivity contribution in [1.29, 1.82) is 0 Å². The van der Waals surface area contributed by atoms with Crippen molar-refractivity contribution in [2.75, 3.05) is 26.3 Å². The van der Waals surface area contributed by atoms with Crippen molar-refractivity contribution in [3.8, 4) is 0 Å². The Morgan fingerprint density at radius 2 is 1.62 bits per heavy atom. The summed E-state index contributed by atoms with van der Waals surface area (Å²) in [4.78, 5) is 14.7. The second kappa shape index (κ2) is 7.17. The Labute approximate surface area is 153 Å². The van der Waals surface area contributed by atoms with Gasteiger partial charge in [0, 0.05) is 18.7 Å². The minimum absolute atomic E-state index is 0.0870. The summed E-state index contributed by atoms with van der Waals surface area (Å²) in [5.41, 5.74) is 2.87. The lowest BCUT2D eigenvalue weighted by atomic mass is 9.93. The van der Waals surface area contributed by atoms with E-state index in [1.165, 1.54) is 0 Å². The van der Waals surface area contributed by atoms with Gasteiger partial charge in [-0.2, -0.15) is 12.8 Å². The second-order valence-electron chi connectivity index (χ2n) is 6.47. The number of Topliss-reactive ketones (excluding diaryl/α,β-unsaturated/α-hetero) is 1. The third kappa shape index (κ3) is 3.64. The van der Waals surface area contributed by atoms with E-state index in [-0.39, 0.29) is 10.7 Å². The van der Waals surface area contributed by atoms with Crippen molar-refractivity contribution in [2.24, 2.45) is 4.40 Å². The van der Waals surface area contributed by atoms with Gasteiger partial charge in [-0.25, -0.2) is 0 Å². The molecule has 1 aromatic rings. The van der Waals surface area contributed by atoms with E-state index in [1.54, 1.807) is 44.2 Å². The van der Waals surface area contributed by atoms with Crippen LogP contribution in [0.1, 0.15) is 19.4 Å². The van der Waals surface area contributed by atoms with E-state index in [1.807, 2.05) is 11.8 Å². The van der Waals surface area contributed by atoms with Gasteiger partial charge >= 0.3 is 0 Å². The van der Waals surface area contributed by atoms with Gasteiger partial charge in [-0.05, 0) is 44.6 Å². The van der Waals surface area contributed by atoms with E-state index in [4.69, 9.17) is 4.74 Å². The van der Waals surface area contributed by atoms with Gasteiger partial charge in [0.1, 0.15) is 0 Å². The summed E-state index contributed by atoms with van der Waals surface area (Å²) in [6, 6.07) is 6.56. The lowest BCUT2D eigenvalue weighted by Gasteiger charge is -2.32. The number of aryl methyl sites for hydroxylation is 1. The van der Waals surface area contributed by atoms with Crippen LogP contribution in [0.2, 0.25) is 0 Å². The molecule has 7 heteroatoms. The monoisotopic (exact) mass is 374 g/mol. The standard InChI is InChI=1S/C19H22N2O4S/c1-13-4-6-16(7-5-13)26(23,24)20-17-12-18(19(22)15(3)14(17)2)21-8-10-25-11-9-21/h4-7,12H,8-11H2,1-3H3/b20-17-. The first-order valence-corrected chi connectivity index (χ1v) is 9.92. The highest BCUT2D eigenvalue weighted by atomic mass is 32.2. The SMILES string of the molecule is CC1=C(C)/C(=N\S(=O)(=O)c2ccc(C)cc2)C=C(N2CCOCC2)C1=O. The number of nitrogens with zero attached hydrogens (tertiary/aromatic N) is 2. The van der Waals surface area contributed by atoms with Crippen LogP contribution in [0.25, 0.3) is 0 Å². The minimum atomic E-state index is -3.85. The molecule has 1 saturated heterocycles. The summed E-state index contributed by atoms with van der Waals surface area (Å²) >= 11 is 0. The molecule has 0 atom stereocenters. The average molecular weight is 374 g/mol. The predicted molar refractivity (Wildman–Crippen MR) is 99.7 cm³/mol. The zero-order valence-electron chi connectivity index (χ0n) is 15.2. The second-order valence-corrected chi connectivity index (χ2v) is 8.08. The highest BCUT2D eigenvalue weighted by Gasteiger charge is 2.28. The Hall–Kier alpha value is -2.25. The van der Waals surface area contributed by atoms with Crippen LogP contribution in [0.3, 0.4) is 0 Å². The van der Waals surface area contributed by atoms with Gasteiger partial charge in [-0.15, -0.1) is 0 Å². The molecule has 138 valence electrons. The van der Waals surface area contributed by atoms with Crippen molar-refractivity contribution < 1.29 is 17.9 Å². The fourth-order valence-corrected chi connectivity index (χ4v) is 3.92. The van der Waals surface area contributed by atoms with Gasteiger partial charge in [0.15, 0.2) is 0 Å². The Morgan fingerprint density at radius 3 is 2.23 bits per heavy atom. The van der Waals surface area contributed by atoms with Crippen LogP contribution in [-0.2, 0) is 19.6 Å². The number of carbonyl (C=O) groups excluding carboxylic acids is 1. The quantitative estimate of drug-likeness (QED) is 0.759. The first-order valence-electron chi connectivity index (χ1n) is 8.48. The molecule has 0 amide bonds. The molecule has 3 rings (SSSR count). The van der Waals surface area contributed by atoms with Gasteiger partial charge in [0.05, 0.1) is 29.5 Å². The van der Waals surface area contributed by atoms with E-state index in [0.29, 0.717) is 48.9 Å². The fraction of sp³-hybridized carbons (Fsp3) is 0.368. The van der Waals surface area contributed by atoms with Crippen LogP contribution in [0.4, 0.5) is 0 Å². The number of hydrogen-bond acceptors (Lipinski definition) is 5. The van der Waals surface area contributed by atoms with Crippen molar-refractivity contribution in [2.45, 2.75) is 25.7 Å². The van der Waals surface area contributed by atoms with Crippen LogP contribution in [0, 0.1) is 6.92 Å². The normalized spacial score (nSPS) is 20.6. The number of hydrogen-bond donors (Lipinski definition) is 0. The number of benzene rings is 1. The molecule has 0 bridgehead atoms. The first kappa shape index (κ1) is 18.5. The Balaban J connectivity index is 2.03. The summed E-state index contributed by atoms with van der Waals surface area (Å²) in [6.07, 6.45) is 1.59. The highest BCUT2D eigenvalue weighted by Crippen LogP contribution is 2.24. The maximum absolute atomic E-state index is 12.7. The lowest BCUT2D eigenvalue weighted by Crippen LogP contribution is -2.39. The van der Waals surface area contributed by atoms with Crippen molar-refractivity contribution >= 4 is 21.5 Å². The molecular formula is C19H22N2O4S. The van der Waals surface area contributed by atoms with Gasteiger partial charge in [-0.1, -0.05) is 17.7 Å².